The lowest BCUT2D eigenvalue weighted by Gasteiger charge is -2.19. The van der Waals surface area contributed by atoms with E-state index >= 15 is 0 Å². The first kappa shape index (κ1) is 23.3. The van der Waals surface area contributed by atoms with E-state index in [0.717, 1.165) is 10.9 Å². The number of carbonyl (C=O) groups excluding carboxylic acids is 1. The molecule has 2 aromatic carbocycles. The van der Waals surface area contributed by atoms with Crippen molar-refractivity contribution in [2.45, 2.75) is 26.9 Å². The number of carbonyl (C=O) groups is 1. The average molecular weight is 460 g/mol. The molecule has 1 amide bonds. The maximum Gasteiger partial charge on any atom is 0.217 e. The highest BCUT2D eigenvalue weighted by atomic mass is 32.2. The van der Waals surface area contributed by atoms with Crippen LogP contribution in [0.4, 0.5) is 21.6 Å². The molecule has 32 heavy (non-hydrogen) atoms. The van der Waals surface area contributed by atoms with Crippen LogP contribution in [0, 0.1) is 12.7 Å². The normalized spacial score (nSPS) is 13.8. The van der Waals surface area contributed by atoms with Crippen molar-refractivity contribution in [3.05, 3.63) is 48.0 Å². The Morgan fingerprint density at radius 3 is 2.72 bits per heavy atom. The van der Waals surface area contributed by atoms with Gasteiger partial charge in [0.2, 0.25) is 5.91 Å². The van der Waals surface area contributed by atoms with Gasteiger partial charge in [0.05, 0.1) is 17.7 Å². The zero-order valence-corrected chi connectivity index (χ0v) is 19.2. The molecule has 0 bridgehead atoms. The third-order valence-corrected chi connectivity index (χ3v) is 5.10. The Kier molecular flexibility index (Phi) is 6.83. The average Bonchev–Trinajstić information content (AvgIpc) is 2.67. The second kappa shape index (κ2) is 9.39. The number of nitrogens with zero attached hydrogens (tertiary/aromatic N) is 2. The SMILES string of the molecule is C=S(C)(=O)Nc1cc(C)c2c(Nc3ccc(F)cc3O[C@H](C)CNC(C)=O)ncnc2c1. The topological polar surface area (TPSA) is 105 Å². The van der Waals surface area contributed by atoms with Gasteiger partial charge < -0.3 is 20.1 Å². The summed E-state index contributed by atoms with van der Waals surface area (Å²) in [5.74, 6) is 3.79. The van der Waals surface area contributed by atoms with Gasteiger partial charge in [0.15, 0.2) is 0 Å². The molecule has 3 rings (SSSR count). The molecule has 10 heteroatoms. The fraction of sp³-hybridized carbons (Fsp3) is 0.273. The maximum atomic E-state index is 13.9. The van der Waals surface area contributed by atoms with E-state index in [0.29, 0.717) is 22.7 Å². The number of nitrogens with one attached hydrogen (secondary N) is 3. The standard InChI is InChI=1S/C22H26FN5O3S/c1-13-8-17(28-32(4,5)30)10-19-21(13)22(26-12-25-19)27-18-7-6-16(23)9-20(18)31-14(2)11-24-15(3)29/h6-10,12,14H,4,11H2,1-3,5H3,(H,24,29)(H,28,30)(H,25,26,27)/t14-,32?/m1/s1. The molecule has 0 aliphatic heterocycles. The number of hydrogen-bond donors (Lipinski definition) is 3. The second-order valence-electron chi connectivity index (χ2n) is 7.65. The first-order valence-corrected chi connectivity index (χ1v) is 12.0. The van der Waals surface area contributed by atoms with E-state index in [1.807, 2.05) is 13.0 Å². The van der Waals surface area contributed by atoms with Crippen molar-refractivity contribution in [1.29, 1.82) is 0 Å². The number of benzene rings is 2. The Hall–Kier alpha value is -3.40. The largest absolute Gasteiger partial charge is 0.487 e. The van der Waals surface area contributed by atoms with Gasteiger partial charge in [-0.25, -0.2) is 18.6 Å². The summed E-state index contributed by atoms with van der Waals surface area (Å²) in [6.45, 7) is 5.36. The third kappa shape index (κ3) is 6.07. The number of ether oxygens (including phenoxy) is 1. The molecule has 8 nitrogen and oxygen atoms in total. The van der Waals surface area contributed by atoms with E-state index in [9.17, 15) is 13.4 Å². The number of halogens is 1. The van der Waals surface area contributed by atoms with Crippen LogP contribution in [0.5, 0.6) is 5.75 Å². The molecule has 0 spiro atoms. The summed E-state index contributed by atoms with van der Waals surface area (Å²) < 4.78 is 34.7. The summed E-state index contributed by atoms with van der Waals surface area (Å²) in [4.78, 5) is 19.8. The first-order chi connectivity index (χ1) is 15.0. The fourth-order valence-corrected chi connectivity index (χ4v) is 3.78. The van der Waals surface area contributed by atoms with Crippen LogP contribution < -0.4 is 20.1 Å². The van der Waals surface area contributed by atoms with E-state index in [-0.39, 0.29) is 24.3 Å². The molecule has 0 fully saturated rings. The van der Waals surface area contributed by atoms with Gasteiger partial charge in [0.25, 0.3) is 0 Å². The molecular formula is C22H26FN5O3S. The van der Waals surface area contributed by atoms with Gasteiger partial charge in [-0.15, -0.1) is 0 Å². The lowest BCUT2D eigenvalue weighted by atomic mass is 10.1. The number of aromatic nitrogens is 2. The number of aryl methyl sites for hydroxylation is 1. The summed E-state index contributed by atoms with van der Waals surface area (Å²) >= 11 is 0. The predicted octanol–water partition coefficient (Wildman–Crippen LogP) is 3.40. The molecule has 0 saturated heterocycles. The Bertz CT molecular complexity index is 1260. The second-order valence-corrected chi connectivity index (χ2v) is 9.86. The first-order valence-electron chi connectivity index (χ1n) is 9.85. The minimum atomic E-state index is -2.44. The minimum Gasteiger partial charge on any atom is -0.487 e. The van der Waals surface area contributed by atoms with Crippen LogP contribution in [-0.4, -0.2) is 44.9 Å². The van der Waals surface area contributed by atoms with Crippen molar-refractivity contribution in [3.63, 3.8) is 0 Å². The highest BCUT2D eigenvalue weighted by Crippen LogP contribution is 2.33. The van der Waals surface area contributed by atoms with Crippen LogP contribution in [0.2, 0.25) is 0 Å². The molecule has 1 unspecified atom stereocenters. The Balaban J connectivity index is 1.95. The highest BCUT2D eigenvalue weighted by Gasteiger charge is 2.14. The molecule has 0 aliphatic carbocycles. The molecule has 2 atom stereocenters. The van der Waals surface area contributed by atoms with Crippen molar-refractivity contribution in [3.8, 4) is 5.75 Å². The van der Waals surface area contributed by atoms with Crippen LogP contribution in [0.3, 0.4) is 0 Å². The minimum absolute atomic E-state index is 0.174. The lowest BCUT2D eigenvalue weighted by Crippen LogP contribution is -2.32. The van der Waals surface area contributed by atoms with Crippen LogP contribution >= 0.6 is 0 Å². The molecule has 1 heterocycles. The summed E-state index contributed by atoms with van der Waals surface area (Å²) in [5.41, 5.74) is 2.63. The highest BCUT2D eigenvalue weighted by molar-refractivity contribution is 8.00. The Labute approximate surface area is 186 Å². The van der Waals surface area contributed by atoms with Gasteiger partial charge in [-0.1, -0.05) is 0 Å². The van der Waals surface area contributed by atoms with Gasteiger partial charge in [-0.3, -0.25) is 4.79 Å². The van der Waals surface area contributed by atoms with Crippen LogP contribution in [0.15, 0.2) is 36.7 Å². The summed E-state index contributed by atoms with van der Waals surface area (Å²) in [5, 5.41) is 6.63. The molecule has 0 aliphatic rings. The van der Waals surface area contributed by atoms with E-state index in [2.05, 4.69) is 31.2 Å². The van der Waals surface area contributed by atoms with E-state index < -0.39 is 15.5 Å². The van der Waals surface area contributed by atoms with E-state index in [1.54, 1.807) is 19.1 Å². The molecule has 3 aromatic rings. The van der Waals surface area contributed by atoms with Crippen LogP contribution in [-0.2, 0) is 14.5 Å². The number of fused-ring (bicyclic) bond motifs is 1. The summed E-state index contributed by atoms with van der Waals surface area (Å²) in [7, 11) is -2.44. The molecular weight excluding hydrogens is 433 g/mol. The number of anilines is 3. The van der Waals surface area contributed by atoms with Gasteiger partial charge in [0, 0.05) is 40.0 Å². The monoisotopic (exact) mass is 459 g/mol. The maximum absolute atomic E-state index is 13.9. The third-order valence-electron chi connectivity index (χ3n) is 4.43. The van der Waals surface area contributed by atoms with Gasteiger partial charge in [0.1, 0.15) is 29.8 Å². The predicted molar refractivity (Wildman–Crippen MR) is 128 cm³/mol. The lowest BCUT2D eigenvalue weighted by molar-refractivity contribution is -0.119. The van der Waals surface area contributed by atoms with Crippen molar-refractivity contribution >= 4 is 49.6 Å². The smallest absolute Gasteiger partial charge is 0.217 e. The molecule has 1 aromatic heterocycles. The fourth-order valence-electron chi connectivity index (χ4n) is 3.17. The van der Waals surface area contributed by atoms with Crippen LogP contribution in [0.1, 0.15) is 19.4 Å². The number of hydrogen-bond acceptors (Lipinski definition) is 6. The molecule has 0 saturated carbocycles. The van der Waals surface area contributed by atoms with Crippen molar-refractivity contribution in [1.82, 2.24) is 15.3 Å². The van der Waals surface area contributed by atoms with Gasteiger partial charge in [-0.05, 0) is 49.5 Å². The summed E-state index contributed by atoms with van der Waals surface area (Å²) in [6.07, 6.45) is 2.54. The molecule has 3 N–H and O–H groups in total. The zero-order chi connectivity index (χ0) is 23.5. The number of rotatable bonds is 8. The molecule has 170 valence electrons. The van der Waals surface area contributed by atoms with E-state index in [4.69, 9.17) is 4.74 Å². The molecule has 0 radical (unpaired) electrons. The van der Waals surface area contributed by atoms with Crippen molar-refractivity contribution in [2.75, 3.05) is 22.8 Å². The van der Waals surface area contributed by atoms with Gasteiger partial charge >= 0.3 is 0 Å². The van der Waals surface area contributed by atoms with Crippen molar-refractivity contribution < 1.29 is 18.1 Å². The van der Waals surface area contributed by atoms with Crippen molar-refractivity contribution in [2.24, 2.45) is 0 Å². The Morgan fingerprint density at radius 2 is 2.03 bits per heavy atom. The van der Waals surface area contributed by atoms with Crippen LogP contribution in [0.25, 0.3) is 10.9 Å². The van der Waals surface area contributed by atoms with E-state index in [1.165, 1.54) is 31.6 Å². The Morgan fingerprint density at radius 1 is 1.28 bits per heavy atom. The number of amides is 1. The quantitative estimate of drug-likeness (QED) is 0.446. The van der Waals surface area contributed by atoms with Gasteiger partial charge in [-0.2, -0.15) is 0 Å². The zero-order valence-electron chi connectivity index (χ0n) is 18.4. The summed E-state index contributed by atoms with van der Waals surface area (Å²) in [6, 6.07) is 7.75.